The van der Waals surface area contributed by atoms with Gasteiger partial charge >= 0.3 is 0 Å². The van der Waals surface area contributed by atoms with Gasteiger partial charge in [0, 0.05) is 13.0 Å². The first-order valence-electron chi connectivity index (χ1n) is 11.0. The summed E-state index contributed by atoms with van der Waals surface area (Å²) in [5.74, 6) is -0.0859. The predicted octanol–water partition coefficient (Wildman–Crippen LogP) is 4.66. The van der Waals surface area contributed by atoms with Crippen LogP contribution in [0.1, 0.15) is 30.4 Å². The molecule has 4 aromatic rings. The second kappa shape index (κ2) is 8.86. The number of thiazole rings is 1. The van der Waals surface area contributed by atoms with E-state index in [1.165, 1.54) is 17.4 Å². The number of nitrogens with one attached hydrogen (secondary N) is 1. The van der Waals surface area contributed by atoms with Crippen LogP contribution >= 0.6 is 11.3 Å². The molecular weight excluding hydrogens is 439 g/mol. The van der Waals surface area contributed by atoms with E-state index in [-0.39, 0.29) is 28.7 Å². The van der Waals surface area contributed by atoms with Crippen LogP contribution in [0.2, 0.25) is 0 Å². The minimum Gasteiger partial charge on any atom is -0.338 e. The average molecular weight is 463 g/mol. The van der Waals surface area contributed by atoms with Crippen molar-refractivity contribution in [3.63, 3.8) is 0 Å². The number of carbonyl (C=O) groups excluding carboxylic acids is 1. The van der Waals surface area contributed by atoms with Crippen LogP contribution in [0.3, 0.4) is 0 Å². The van der Waals surface area contributed by atoms with Gasteiger partial charge in [0.05, 0.1) is 11.6 Å². The summed E-state index contributed by atoms with van der Waals surface area (Å²) < 4.78 is 14.4. The van der Waals surface area contributed by atoms with E-state index in [1.807, 2.05) is 42.2 Å². The van der Waals surface area contributed by atoms with Crippen LogP contribution in [0.15, 0.2) is 53.3 Å². The van der Waals surface area contributed by atoms with Crippen molar-refractivity contribution in [2.45, 2.75) is 38.6 Å². The number of Topliss-reactive ketones (excluding diaryl/α,β-unsaturated/α-hetero) is 1. The lowest BCUT2D eigenvalue weighted by Gasteiger charge is -2.22. The number of aromatic amines is 1. The van der Waals surface area contributed by atoms with Crippen LogP contribution in [0.4, 0.5) is 9.52 Å². The monoisotopic (exact) mass is 462 g/mol. The average Bonchev–Trinajstić information content (AvgIpc) is 3.47. The summed E-state index contributed by atoms with van der Waals surface area (Å²) in [5.41, 5.74) is 2.06. The highest BCUT2D eigenvalue weighted by Gasteiger charge is 2.32. The number of benzene rings is 2. The SMILES string of the molecule is Cc1ccc(F)c(-c2nc3sc(N4CCC[C@@H]4C(=O)CCc4ccccc4)nc3c(=O)[nH]2)c1. The van der Waals surface area contributed by atoms with Gasteiger partial charge < -0.3 is 9.88 Å². The van der Waals surface area contributed by atoms with Crippen molar-refractivity contribution in [2.75, 3.05) is 11.4 Å². The summed E-state index contributed by atoms with van der Waals surface area (Å²) in [7, 11) is 0. The van der Waals surface area contributed by atoms with Gasteiger partial charge in [-0.05, 0) is 43.9 Å². The molecule has 1 saturated heterocycles. The third-order valence-electron chi connectivity index (χ3n) is 6.01. The fourth-order valence-electron chi connectivity index (χ4n) is 4.30. The third-order valence-corrected chi connectivity index (χ3v) is 6.99. The lowest BCUT2D eigenvalue weighted by atomic mass is 10.0. The van der Waals surface area contributed by atoms with E-state index >= 15 is 0 Å². The summed E-state index contributed by atoms with van der Waals surface area (Å²) in [4.78, 5) is 39.8. The maximum Gasteiger partial charge on any atom is 0.278 e. The Morgan fingerprint density at radius 3 is 2.85 bits per heavy atom. The van der Waals surface area contributed by atoms with Gasteiger partial charge in [-0.1, -0.05) is 53.3 Å². The lowest BCUT2D eigenvalue weighted by Crippen LogP contribution is -2.36. The molecule has 6 nitrogen and oxygen atoms in total. The van der Waals surface area contributed by atoms with Crippen molar-refractivity contribution in [1.29, 1.82) is 0 Å². The van der Waals surface area contributed by atoms with Gasteiger partial charge in [0.2, 0.25) is 0 Å². The van der Waals surface area contributed by atoms with Crippen LogP contribution in [-0.4, -0.2) is 33.3 Å². The van der Waals surface area contributed by atoms with Crippen molar-refractivity contribution in [1.82, 2.24) is 15.0 Å². The van der Waals surface area contributed by atoms with Crippen molar-refractivity contribution in [2.24, 2.45) is 0 Å². The van der Waals surface area contributed by atoms with Crippen LogP contribution < -0.4 is 10.5 Å². The van der Waals surface area contributed by atoms with Crippen LogP contribution in [0.25, 0.3) is 21.7 Å². The Morgan fingerprint density at radius 2 is 2.03 bits per heavy atom. The highest BCUT2D eigenvalue weighted by molar-refractivity contribution is 7.21. The molecule has 0 saturated carbocycles. The molecule has 168 valence electrons. The zero-order valence-electron chi connectivity index (χ0n) is 18.2. The zero-order chi connectivity index (χ0) is 22.9. The molecule has 1 aliphatic heterocycles. The van der Waals surface area contributed by atoms with E-state index in [9.17, 15) is 14.0 Å². The number of halogens is 1. The van der Waals surface area contributed by atoms with Gasteiger partial charge in [-0.2, -0.15) is 0 Å². The zero-order valence-corrected chi connectivity index (χ0v) is 19.0. The third kappa shape index (κ3) is 4.30. The molecular formula is C25H23FN4O2S. The number of H-pyrrole nitrogens is 1. The number of rotatable bonds is 6. The largest absolute Gasteiger partial charge is 0.338 e. The topological polar surface area (TPSA) is 79.0 Å². The number of nitrogens with zero attached hydrogens (tertiary/aromatic N) is 3. The molecule has 1 atom stereocenters. The highest BCUT2D eigenvalue weighted by Crippen LogP contribution is 2.33. The Labute approximate surface area is 194 Å². The Bertz CT molecular complexity index is 1380. The van der Waals surface area contributed by atoms with Crippen molar-refractivity contribution in [3.8, 4) is 11.4 Å². The van der Waals surface area contributed by atoms with Gasteiger partial charge in [-0.3, -0.25) is 9.59 Å². The quantitative estimate of drug-likeness (QED) is 0.451. The maximum atomic E-state index is 14.4. The molecule has 3 heterocycles. The predicted molar refractivity (Wildman–Crippen MR) is 128 cm³/mol. The van der Waals surface area contributed by atoms with E-state index in [0.717, 1.165) is 24.0 Å². The summed E-state index contributed by atoms with van der Waals surface area (Å²) in [6.45, 7) is 2.56. The number of aryl methyl sites for hydroxylation is 2. The first-order valence-corrected chi connectivity index (χ1v) is 11.8. The summed E-state index contributed by atoms with van der Waals surface area (Å²) in [5, 5.41) is 0.612. The number of aromatic nitrogens is 3. The minimum absolute atomic E-state index is 0.181. The Kier molecular flexibility index (Phi) is 5.76. The van der Waals surface area contributed by atoms with E-state index in [1.54, 1.807) is 12.1 Å². The molecule has 2 aromatic carbocycles. The standard InChI is InChI=1S/C25H23FN4O2S/c1-15-9-11-18(26)17(14-15)22-28-23(32)21-24(29-22)33-25(27-21)30-13-5-8-19(30)20(31)12-10-16-6-3-2-4-7-16/h2-4,6-7,9,11,14,19H,5,8,10,12-13H2,1H3,(H,28,29,32)/t19-/m1/s1. The minimum atomic E-state index is -0.448. The maximum absolute atomic E-state index is 14.4. The van der Waals surface area contributed by atoms with Gasteiger partial charge in [-0.25, -0.2) is 14.4 Å². The first kappa shape index (κ1) is 21.5. The summed E-state index contributed by atoms with van der Waals surface area (Å²) >= 11 is 1.27. The van der Waals surface area contributed by atoms with Gasteiger partial charge in [0.15, 0.2) is 21.3 Å². The molecule has 1 fully saturated rings. The van der Waals surface area contributed by atoms with Crippen molar-refractivity contribution in [3.05, 3.63) is 75.8 Å². The molecule has 5 rings (SSSR count). The fourth-order valence-corrected chi connectivity index (χ4v) is 5.32. The molecule has 1 N–H and O–H groups in total. The molecule has 0 amide bonds. The van der Waals surface area contributed by atoms with Gasteiger partial charge in [0.25, 0.3) is 5.56 Å². The van der Waals surface area contributed by atoms with Crippen LogP contribution in [0.5, 0.6) is 0 Å². The highest BCUT2D eigenvalue weighted by atomic mass is 32.1. The van der Waals surface area contributed by atoms with E-state index in [2.05, 4.69) is 15.0 Å². The number of fused-ring (bicyclic) bond motifs is 1. The fraction of sp³-hybridized carbons (Fsp3) is 0.280. The molecule has 0 spiro atoms. The number of carbonyl (C=O) groups is 1. The number of anilines is 1. The normalized spacial score (nSPS) is 15.9. The Morgan fingerprint density at radius 1 is 1.21 bits per heavy atom. The summed E-state index contributed by atoms with van der Waals surface area (Å²) in [6.07, 6.45) is 2.83. The molecule has 0 unspecified atom stereocenters. The van der Waals surface area contributed by atoms with E-state index in [4.69, 9.17) is 0 Å². The number of ketones is 1. The van der Waals surface area contributed by atoms with Crippen molar-refractivity contribution < 1.29 is 9.18 Å². The lowest BCUT2D eigenvalue weighted by molar-refractivity contribution is -0.120. The second-order valence-corrected chi connectivity index (χ2v) is 9.31. The number of hydrogen-bond donors (Lipinski definition) is 1. The molecule has 0 radical (unpaired) electrons. The van der Waals surface area contributed by atoms with Gasteiger partial charge in [-0.15, -0.1) is 0 Å². The molecule has 1 aliphatic rings. The Hall–Kier alpha value is -3.39. The van der Waals surface area contributed by atoms with Gasteiger partial charge in [0.1, 0.15) is 11.6 Å². The molecule has 2 aromatic heterocycles. The Balaban J connectivity index is 1.42. The van der Waals surface area contributed by atoms with Crippen molar-refractivity contribution >= 4 is 32.6 Å². The molecule has 0 bridgehead atoms. The molecule has 0 aliphatic carbocycles. The second-order valence-electron chi connectivity index (χ2n) is 8.35. The molecule has 8 heteroatoms. The summed E-state index contributed by atoms with van der Waals surface area (Å²) in [6, 6.07) is 14.4. The van der Waals surface area contributed by atoms with Crippen LogP contribution in [-0.2, 0) is 11.2 Å². The number of hydrogen-bond acceptors (Lipinski definition) is 6. The molecule has 33 heavy (non-hydrogen) atoms. The van der Waals surface area contributed by atoms with E-state index in [0.29, 0.717) is 29.3 Å². The first-order chi connectivity index (χ1) is 16.0. The van der Waals surface area contributed by atoms with E-state index < -0.39 is 11.4 Å². The smallest absolute Gasteiger partial charge is 0.278 e. The van der Waals surface area contributed by atoms with Crippen LogP contribution in [0, 0.1) is 12.7 Å².